The molecule has 6 heteroatoms. The molecule has 2 N–H and O–H groups in total. The number of ether oxygens (including phenoxy) is 2. The van der Waals surface area contributed by atoms with Gasteiger partial charge >= 0.3 is 0 Å². The summed E-state index contributed by atoms with van der Waals surface area (Å²) in [5.41, 5.74) is 0.553. The summed E-state index contributed by atoms with van der Waals surface area (Å²) in [4.78, 5) is 22.8. The topological polar surface area (TPSA) is 76.7 Å². The number of nitrogens with one attached hydrogen (secondary N) is 2. The fourth-order valence-electron chi connectivity index (χ4n) is 2.11. The second-order valence-corrected chi connectivity index (χ2v) is 4.91. The molecule has 0 radical (unpaired) electrons. The number of hydrogen-bond donors (Lipinski definition) is 2. The lowest BCUT2D eigenvalue weighted by atomic mass is 10.2. The van der Waals surface area contributed by atoms with Crippen molar-refractivity contribution in [3.63, 3.8) is 0 Å². The number of carbonyl (C=O) groups is 2. The highest BCUT2D eigenvalue weighted by molar-refractivity contribution is 5.90. The lowest BCUT2D eigenvalue weighted by molar-refractivity contribution is -0.123. The number of hydrogen-bond acceptors (Lipinski definition) is 4. The Hall–Kier alpha value is -2.08. The minimum atomic E-state index is -0.205. The van der Waals surface area contributed by atoms with Gasteiger partial charge in [0.15, 0.2) is 6.61 Å². The van der Waals surface area contributed by atoms with E-state index in [1.807, 2.05) is 0 Å². The Morgan fingerprint density at radius 1 is 1.38 bits per heavy atom. The molecule has 114 valence electrons. The number of para-hydroxylation sites is 2. The van der Waals surface area contributed by atoms with E-state index in [0.29, 0.717) is 18.0 Å². The minimum absolute atomic E-state index is 0.0939. The van der Waals surface area contributed by atoms with Crippen LogP contribution in [-0.4, -0.2) is 37.7 Å². The molecule has 0 unspecified atom stereocenters. The van der Waals surface area contributed by atoms with E-state index in [2.05, 4.69) is 10.6 Å². The monoisotopic (exact) mass is 292 g/mol. The molecular formula is C15H20N2O4. The average molecular weight is 292 g/mol. The highest BCUT2D eigenvalue weighted by Crippen LogP contribution is 2.23. The molecule has 1 aromatic carbocycles. The first-order valence-corrected chi connectivity index (χ1v) is 7.03. The van der Waals surface area contributed by atoms with Crippen molar-refractivity contribution >= 4 is 17.5 Å². The van der Waals surface area contributed by atoms with Crippen molar-refractivity contribution in [2.45, 2.75) is 25.9 Å². The first-order valence-electron chi connectivity index (χ1n) is 7.03. The zero-order valence-electron chi connectivity index (χ0n) is 12.1. The van der Waals surface area contributed by atoms with Gasteiger partial charge in [0.25, 0.3) is 5.91 Å². The lowest BCUT2D eigenvalue weighted by Crippen LogP contribution is -2.35. The van der Waals surface area contributed by atoms with Crippen LogP contribution in [0.15, 0.2) is 24.3 Å². The second-order valence-electron chi connectivity index (χ2n) is 4.91. The third-order valence-electron chi connectivity index (χ3n) is 3.11. The predicted molar refractivity (Wildman–Crippen MR) is 78.2 cm³/mol. The molecule has 0 spiro atoms. The van der Waals surface area contributed by atoms with Crippen LogP contribution in [0.25, 0.3) is 0 Å². The highest BCUT2D eigenvalue weighted by Gasteiger charge is 2.16. The summed E-state index contributed by atoms with van der Waals surface area (Å²) in [6, 6.07) is 7.00. The molecule has 21 heavy (non-hydrogen) atoms. The van der Waals surface area contributed by atoms with Crippen molar-refractivity contribution in [3.05, 3.63) is 24.3 Å². The molecule has 2 rings (SSSR count). The van der Waals surface area contributed by atoms with E-state index in [1.54, 1.807) is 24.3 Å². The smallest absolute Gasteiger partial charge is 0.258 e. The molecule has 1 fully saturated rings. The molecule has 1 aliphatic heterocycles. The van der Waals surface area contributed by atoms with Crippen LogP contribution in [-0.2, 0) is 14.3 Å². The molecule has 1 aliphatic rings. The minimum Gasteiger partial charge on any atom is -0.482 e. The Morgan fingerprint density at radius 3 is 2.90 bits per heavy atom. The normalized spacial score (nSPS) is 17.3. The Bertz CT molecular complexity index is 498. The van der Waals surface area contributed by atoms with E-state index < -0.39 is 0 Å². The van der Waals surface area contributed by atoms with E-state index in [-0.39, 0.29) is 24.5 Å². The highest BCUT2D eigenvalue weighted by atomic mass is 16.5. The van der Waals surface area contributed by atoms with E-state index >= 15 is 0 Å². The van der Waals surface area contributed by atoms with Crippen molar-refractivity contribution in [2.75, 3.05) is 25.1 Å². The van der Waals surface area contributed by atoms with Gasteiger partial charge in [0.2, 0.25) is 5.91 Å². The van der Waals surface area contributed by atoms with Gasteiger partial charge in [0.1, 0.15) is 5.75 Å². The summed E-state index contributed by atoms with van der Waals surface area (Å²) < 4.78 is 10.9. The summed E-state index contributed by atoms with van der Waals surface area (Å²) in [5.74, 6) is 0.0805. The second kappa shape index (κ2) is 7.64. The molecule has 2 amide bonds. The maximum absolute atomic E-state index is 11.7. The van der Waals surface area contributed by atoms with Gasteiger partial charge in [-0.2, -0.15) is 0 Å². The Morgan fingerprint density at radius 2 is 2.19 bits per heavy atom. The number of benzene rings is 1. The molecule has 1 atom stereocenters. The fourth-order valence-corrected chi connectivity index (χ4v) is 2.11. The third kappa shape index (κ3) is 5.07. The van der Waals surface area contributed by atoms with Crippen LogP contribution in [0.2, 0.25) is 0 Å². The maximum Gasteiger partial charge on any atom is 0.258 e. The number of amides is 2. The molecule has 6 nitrogen and oxygen atoms in total. The fraction of sp³-hybridized carbons (Fsp3) is 0.467. The largest absolute Gasteiger partial charge is 0.482 e. The van der Waals surface area contributed by atoms with E-state index in [9.17, 15) is 9.59 Å². The zero-order valence-corrected chi connectivity index (χ0v) is 12.1. The Balaban J connectivity index is 1.79. The van der Waals surface area contributed by atoms with Crippen LogP contribution >= 0.6 is 0 Å². The molecule has 0 bridgehead atoms. The summed E-state index contributed by atoms with van der Waals surface area (Å²) in [6.45, 7) is 2.60. The molecule has 0 saturated carbocycles. The molecule has 0 aromatic heterocycles. The van der Waals surface area contributed by atoms with Crippen LogP contribution < -0.4 is 15.4 Å². The Kier molecular flexibility index (Phi) is 5.57. The summed E-state index contributed by atoms with van der Waals surface area (Å²) in [7, 11) is 0. The molecule has 1 aromatic rings. The van der Waals surface area contributed by atoms with Crippen LogP contribution in [0.1, 0.15) is 19.8 Å². The van der Waals surface area contributed by atoms with Gasteiger partial charge in [0.05, 0.1) is 11.8 Å². The van der Waals surface area contributed by atoms with Crippen molar-refractivity contribution < 1.29 is 19.1 Å². The van der Waals surface area contributed by atoms with Crippen molar-refractivity contribution in [1.82, 2.24) is 5.32 Å². The van der Waals surface area contributed by atoms with Gasteiger partial charge in [0, 0.05) is 20.1 Å². The van der Waals surface area contributed by atoms with E-state index in [1.165, 1.54) is 6.92 Å². The van der Waals surface area contributed by atoms with Crippen molar-refractivity contribution in [2.24, 2.45) is 0 Å². The van der Waals surface area contributed by atoms with Crippen LogP contribution in [0.3, 0.4) is 0 Å². The lowest BCUT2D eigenvalue weighted by Gasteiger charge is -2.13. The SMILES string of the molecule is CC(=O)Nc1ccccc1OCC(=O)NC[C@H]1CCCO1. The Labute approximate surface area is 123 Å². The first-order chi connectivity index (χ1) is 10.1. The third-order valence-corrected chi connectivity index (χ3v) is 3.11. The van der Waals surface area contributed by atoms with Gasteiger partial charge in [-0.25, -0.2) is 0 Å². The van der Waals surface area contributed by atoms with Crippen LogP contribution in [0.4, 0.5) is 5.69 Å². The van der Waals surface area contributed by atoms with E-state index in [4.69, 9.17) is 9.47 Å². The maximum atomic E-state index is 11.7. The average Bonchev–Trinajstić information content (AvgIpc) is 2.97. The van der Waals surface area contributed by atoms with Crippen molar-refractivity contribution in [3.8, 4) is 5.75 Å². The summed E-state index contributed by atoms with van der Waals surface area (Å²) in [5, 5.41) is 5.44. The van der Waals surface area contributed by atoms with Crippen LogP contribution in [0.5, 0.6) is 5.75 Å². The van der Waals surface area contributed by atoms with Gasteiger partial charge in [-0.3, -0.25) is 9.59 Å². The first kappa shape index (κ1) is 15.3. The van der Waals surface area contributed by atoms with Gasteiger partial charge in [-0.15, -0.1) is 0 Å². The number of rotatable bonds is 6. The number of anilines is 1. The van der Waals surface area contributed by atoms with Gasteiger partial charge < -0.3 is 20.1 Å². The van der Waals surface area contributed by atoms with E-state index in [0.717, 1.165) is 19.4 Å². The molecule has 1 saturated heterocycles. The summed E-state index contributed by atoms with van der Waals surface area (Å²) >= 11 is 0. The summed E-state index contributed by atoms with van der Waals surface area (Å²) in [6.07, 6.45) is 2.13. The standard InChI is InChI=1S/C15H20N2O4/c1-11(18)17-13-6-2-3-7-14(13)21-10-15(19)16-9-12-5-4-8-20-12/h2-3,6-7,12H,4-5,8-10H2,1H3,(H,16,19)(H,17,18)/t12-/m1/s1. The zero-order chi connectivity index (χ0) is 15.1. The number of carbonyl (C=O) groups excluding carboxylic acids is 2. The van der Waals surface area contributed by atoms with Crippen molar-refractivity contribution in [1.29, 1.82) is 0 Å². The van der Waals surface area contributed by atoms with Gasteiger partial charge in [-0.05, 0) is 25.0 Å². The van der Waals surface area contributed by atoms with Gasteiger partial charge in [-0.1, -0.05) is 12.1 Å². The molecule has 1 heterocycles. The predicted octanol–water partition coefficient (Wildman–Crippen LogP) is 1.32. The molecular weight excluding hydrogens is 272 g/mol. The van der Waals surface area contributed by atoms with Crippen LogP contribution in [0, 0.1) is 0 Å². The molecule has 0 aliphatic carbocycles. The quantitative estimate of drug-likeness (QED) is 0.829.